The van der Waals surface area contributed by atoms with E-state index in [-0.39, 0.29) is 12.1 Å². The predicted molar refractivity (Wildman–Crippen MR) is 102 cm³/mol. The highest BCUT2D eigenvalue weighted by Gasteiger charge is 2.23. The maximum absolute atomic E-state index is 12.1. The molecule has 0 amide bonds. The van der Waals surface area contributed by atoms with Crippen LogP contribution in [-0.4, -0.2) is 25.2 Å². The van der Waals surface area contributed by atoms with E-state index < -0.39 is 0 Å². The monoisotopic (exact) mass is 367 g/mol. The fourth-order valence-corrected chi connectivity index (χ4v) is 3.20. The van der Waals surface area contributed by atoms with E-state index in [2.05, 4.69) is 19.2 Å². The maximum Gasteiger partial charge on any atom is 0.311 e. The van der Waals surface area contributed by atoms with E-state index in [0.29, 0.717) is 28.9 Å². The first-order valence-electron chi connectivity index (χ1n) is 9.47. The average Bonchev–Trinajstić information content (AvgIpc) is 2.79. The topological polar surface area (TPSA) is 47.6 Å². The lowest BCUT2D eigenvalue weighted by atomic mass is 10.0. The molecule has 1 heterocycles. The van der Waals surface area contributed by atoms with Gasteiger partial charge in [-0.1, -0.05) is 44.7 Å². The fourth-order valence-electron chi connectivity index (χ4n) is 3.04. The van der Waals surface area contributed by atoms with Crippen molar-refractivity contribution in [2.45, 2.75) is 64.9 Å². The molecule has 0 bridgehead atoms. The number of nitrogens with one attached hydrogen (secondary N) is 1. The second-order valence-corrected chi connectivity index (χ2v) is 7.29. The molecule has 0 spiro atoms. The van der Waals surface area contributed by atoms with Crippen LogP contribution in [0.5, 0.6) is 11.5 Å². The van der Waals surface area contributed by atoms with E-state index in [1.54, 1.807) is 18.2 Å². The van der Waals surface area contributed by atoms with Gasteiger partial charge >= 0.3 is 5.97 Å². The number of esters is 1. The highest BCUT2D eigenvalue weighted by atomic mass is 35.5. The zero-order chi connectivity index (χ0) is 18.1. The van der Waals surface area contributed by atoms with Gasteiger partial charge in [0.25, 0.3) is 0 Å². The van der Waals surface area contributed by atoms with E-state index in [0.717, 1.165) is 51.6 Å². The van der Waals surface area contributed by atoms with Crippen molar-refractivity contribution >= 4 is 17.6 Å². The van der Waals surface area contributed by atoms with Crippen LogP contribution >= 0.6 is 11.6 Å². The Kier molecular flexibility index (Phi) is 8.56. The van der Waals surface area contributed by atoms with Crippen LogP contribution in [0.2, 0.25) is 5.02 Å². The number of carbonyl (C=O) groups excluding carboxylic acids is 1. The maximum atomic E-state index is 12.1. The molecular formula is C20H30ClNO3. The van der Waals surface area contributed by atoms with Crippen LogP contribution in [0.1, 0.15) is 58.8 Å². The number of unbranched alkanes of at least 4 members (excludes halogenated alkanes) is 3. The predicted octanol–water partition coefficient (Wildman–Crippen LogP) is 4.98. The molecule has 140 valence electrons. The largest absolute Gasteiger partial charge is 0.486 e. The van der Waals surface area contributed by atoms with Crippen molar-refractivity contribution in [1.29, 1.82) is 0 Å². The number of hydrogen-bond acceptors (Lipinski definition) is 4. The summed E-state index contributed by atoms with van der Waals surface area (Å²) in [5.74, 6) is 1.21. The molecule has 1 aliphatic rings. The molecule has 0 saturated carbocycles. The smallest absolute Gasteiger partial charge is 0.311 e. The molecule has 2 rings (SSSR count). The Hall–Kier alpha value is -1.26. The Morgan fingerprint density at radius 1 is 1.28 bits per heavy atom. The van der Waals surface area contributed by atoms with E-state index in [1.165, 1.54) is 0 Å². The van der Waals surface area contributed by atoms with Gasteiger partial charge in [-0.05, 0) is 37.9 Å². The highest BCUT2D eigenvalue weighted by molar-refractivity contribution is 6.30. The van der Waals surface area contributed by atoms with Crippen molar-refractivity contribution in [3.63, 3.8) is 0 Å². The third-order valence-corrected chi connectivity index (χ3v) is 4.82. The van der Waals surface area contributed by atoms with Crippen LogP contribution in [0.3, 0.4) is 0 Å². The van der Waals surface area contributed by atoms with Crippen molar-refractivity contribution in [1.82, 2.24) is 5.32 Å². The lowest BCUT2D eigenvalue weighted by Crippen LogP contribution is -2.29. The second kappa shape index (κ2) is 10.7. The molecule has 2 atom stereocenters. The van der Waals surface area contributed by atoms with Crippen LogP contribution in [0.15, 0.2) is 18.2 Å². The molecule has 5 heteroatoms. The molecule has 0 aliphatic carbocycles. The third kappa shape index (κ3) is 6.87. The van der Waals surface area contributed by atoms with Gasteiger partial charge in [0.2, 0.25) is 0 Å². The van der Waals surface area contributed by atoms with Crippen molar-refractivity contribution in [3.05, 3.63) is 23.2 Å². The van der Waals surface area contributed by atoms with Gasteiger partial charge in [-0.2, -0.15) is 0 Å². The zero-order valence-corrected chi connectivity index (χ0v) is 16.1. The molecule has 25 heavy (non-hydrogen) atoms. The van der Waals surface area contributed by atoms with Gasteiger partial charge in [0, 0.05) is 30.0 Å². The normalized spacial score (nSPS) is 20.8. The van der Waals surface area contributed by atoms with Gasteiger partial charge in [0.1, 0.15) is 6.10 Å². The molecule has 0 aromatic heterocycles. The van der Waals surface area contributed by atoms with Gasteiger partial charge in [0.05, 0.1) is 0 Å². The number of rotatable bonds is 8. The molecule has 0 radical (unpaired) electrons. The average molecular weight is 368 g/mol. The van der Waals surface area contributed by atoms with Gasteiger partial charge in [-0.3, -0.25) is 4.79 Å². The summed E-state index contributed by atoms with van der Waals surface area (Å²) in [7, 11) is 0. The number of ether oxygens (including phenoxy) is 2. The number of halogens is 1. The molecule has 4 nitrogen and oxygen atoms in total. The van der Waals surface area contributed by atoms with E-state index >= 15 is 0 Å². The van der Waals surface area contributed by atoms with Crippen molar-refractivity contribution < 1.29 is 14.3 Å². The van der Waals surface area contributed by atoms with Crippen LogP contribution < -0.4 is 14.8 Å². The molecule has 1 aromatic carbocycles. The SMILES string of the molecule is CCCCCCC(=O)Oc1cc(Cl)ccc1OC1CCCNCC1C. The number of benzene rings is 1. The standard InChI is InChI=1S/C20H30ClNO3/c1-3-4-5-6-9-20(23)25-19-13-16(21)10-11-18(19)24-17-8-7-12-22-14-15(17)2/h10-11,13,15,17,22H,3-9,12,14H2,1-2H3. The van der Waals surface area contributed by atoms with Crippen LogP contribution in [0.25, 0.3) is 0 Å². The lowest BCUT2D eigenvalue weighted by molar-refractivity contribution is -0.134. The Bertz CT molecular complexity index is 550. The van der Waals surface area contributed by atoms with Crippen LogP contribution in [0.4, 0.5) is 0 Å². The van der Waals surface area contributed by atoms with Crippen molar-refractivity contribution in [2.75, 3.05) is 13.1 Å². The molecule has 1 aromatic rings. The molecule has 1 N–H and O–H groups in total. The summed E-state index contributed by atoms with van der Waals surface area (Å²) in [5.41, 5.74) is 0. The van der Waals surface area contributed by atoms with E-state index in [1.807, 2.05) is 0 Å². The molecule has 1 fully saturated rings. The number of hydrogen-bond donors (Lipinski definition) is 1. The first kappa shape index (κ1) is 20.1. The first-order valence-corrected chi connectivity index (χ1v) is 9.85. The van der Waals surface area contributed by atoms with Crippen LogP contribution in [-0.2, 0) is 4.79 Å². The zero-order valence-electron chi connectivity index (χ0n) is 15.4. The minimum atomic E-state index is -0.223. The lowest BCUT2D eigenvalue weighted by Gasteiger charge is -2.24. The van der Waals surface area contributed by atoms with E-state index in [9.17, 15) is 4.79 Å². The summed E-state index contributed by atoms with van der Waals surface area (Å²) in [6.45, 7) is 6.28. The first-order chi connectivity index (χ1) is 12.1. The van der Waals surface area contributed by atoms with Gasteiger partial charge in [-0.15, -0.1) is 0 Å². The Balaban J connectivity index is 1.99. The molecule has 1 saturated heterocycles. The van der Waals surface area contributed by atoms with Gasteiger partial charge in [-0.25, -0.2) is 0 Å². The summed E-state index contributed by atoms with van der Waals surface area (Å²) in [6.07, 6.45) is 6.80. The molecular weight excluding hydrogens is 338 g/mol. The summed E-state index contributed by atoms with van der Waals surface area (Å²) < 4.78 is 11.8. The van der Waals surface area contributed by atoms with Crippen molar-refractivity contribution in [3.8, 4) is 11.5 Å². The molecule has 1 aliphatic heterocycles. The van der Waals surface area contributed by atoms with Gasteiger partial charge < -0.3 is 14.8 Å². The Labute approximate surface area is 156 Å². The minimum Gasteiger partial charge on any atom is -0.486 e. The van der Waals surface area contributed by atoms with Crippen LogP contribution in [0, 0.1) is 5.92 Å². The third-order valence-electron chi connectivity index (χ3n) is 4.59. The summed E-state index contributed by atoms with van der Waals surface area (Å²) in [6, 6.07) is 5.24. The summed E-state index contributed by atoms with van der Waals surface area (Å²) in [4.78, 5) is 12.1. The quantitative estimate of drug-likeness (QED) is 0.399. The van der Waals surface area contributed by atoms with Gasteiger partial charge in [0.15, 0.2) is 11.5 Å². The highest BCUT2D eigenvalue weighted by Crippen LogP contribution is 2.33. The van der Waals surface area contributed by atoms with E-state index in [4.69, 9.17) is 21.1 Å². The minimum absolute atomic E-state index is 0.109. The molecule has 2 unspecified atom stereocenters. The number of carbonyl (C=O) groups is 1. The Morgan fingerprint density at radius 3 is 2.92 bits per heavy atom. The Morgan fingerprint density at radius 2 is 2.12 bits per heavy atom. The second-order valence-electron chi connectivity index (χ2n) is 6.86. The fraction of sp³-hybridized carbons (Fsp3) is 0.650. The van der Waals surface area contributed by atoms with Crippen molar-refractivity contribution in [2.24, 2.45) is 5.92 Å². The summed E-state index contributed by atoms with van der Waals surface area (Å²) in [5, 5.41) is 3.95. The summed E-state index contributed by atoms with van der Waals surface area (Å²) >= 11 is 6.09.